The van der Waals surface area contributed by atoms with Gasteiger partial charge in [0.15, 0.2) is 0 Å². The first kappa shape index (κ1) is 7.97. The van der Waals surface area contributed by atoms with Crippen LogP contribution in [0.2, 0.25) is 0 Å². The Morgan fingerprint density at radius 2 is 2.07 bits per heavy atom. The lowest BCUT2D eigenvalue weighted by molar-refractivity contribution is 0.851. The Labute approximate surface area is 82.8 Å². The molecule has 0 fully saturated rings. The van der Waals surface area contributed by atoms with Crippen molar-refractivity contribution in [2.24, 2.45) is 0 Å². The van der Waals surface area contributed by atoms with Crippen molar-refractivity contribution in [3.8, 4) is 0 Å². The fourth-order valence-electron chi connectivity index (χ4n) is 2.37. The van der Waals surface area contributed by atoms with Crippen LogP contribution in [0.4, 0.5) is 0 Å². The summed E-state index contributed by atoms with van der Waals surface area (Å²) in [5, 5.41) is 0. The molecule has 0 unspecified atom stereocenters. The molecular weight excluding hydrogens is 174 g/mol. The van der Waals surface area contributed by atoms with Gasteiger partial charge in [0.2, 0.25) is 5.78 Å². The monoisotopic (exact) mass is 187 g/mol. The van der Waals surface area contributed by atoms with E-state index in [-0.39, 0.29) is 0 Å². The van der Waals surface area contributed by atoms with Crippen LogP contribution in [0.3, 0.4) is 0 Å². The number of rotatable bonds is 0. The van der Waals surface area contributed by atoms with E-state index >= 15 is 0 Å². The molecule has 0 spiro atoms. The summed E-state index contributed by atoms with van der Waals surface area (Å²) in [6, 6.07) is 2.12. The molecule has 72 valence electrons. The van der Waals surface area contributed by atoms with E-state index in [1.807, 2.05) is 6.92 Å². The molecule has 0 radical (unpaired) electrons. The lowest BCUT2D eigenvalue weighted by Gasteiger charge is -2.03. The van der Waals surface area contributed by atoms with Gasteiger partial charge in [-0.1, -0.05) is 0 Å². The van der Waals surface area contributed by atoms with Crippen molar-refractivity contribution >= 4 is 5.78 Å². The molecule has 3 rings (SSSR count). The zero-order valence-electron chi connectivity index (χ0n) is 8.54. The second kappa shape index (κ2) is 2.56. The van der Waals surface area contributed by atoms with Gasteiger partial charge in [0, 0.05) is 17.1 Å². The van der Waals surface area contributed by atoms with Gasteiger partial charge >= 0.3 is 0 Å². The first-order valence-corrected chi connectivity index (χ1v) is 5.10. The summed E-state index contributed by atoms with van der Waals surface area (Å²) in [6.45, 7) is 4.15. The molecule has 0 atom stereocenters. The normalized spacial score (nSPS) is 15.0. The molecule has 1 aliphatic carbocycles. The lowest BCUT2D eigenvalue weighted by Crippen LogP contribution is -1.99. The molecule has 1 aliphatic rings. The summed E-state index contributed by atoms with van der Waals surface area (Å²) in [7, 11) is 0. The molecule has 3 heteroatoms. The quantitative estimate of drug-likeness (QED) is 0.630. The Morgan fingerprint density at radius 3 is 2.93 bits per heavy atom. The highest BCUT2D eigenvalue weighted by molar-refractivity contribution is 5.40. The van der Waals surface area contributed by atoms with Crippen LogP contribution in [-0.2, 0) is 12.8 Å². The molecule has 3 nitrogen and oxygen atoms in total. The minimum Gasteiger partial charge on any atom is -0.285 e. The first-order valence-electron chi connectivity index (χ1n) is 5.10. The van der Waals surface area contributed by atoms with Gasteiger partial charge in [0.1, 0.15) is 0 Å². The van der Waals surface area contributed by atoms with E-state index in [1.165, 1.54) is 23.5 Å². The third-order valence-corrected chi connectivity index (χ3v) is 2.91. The van der Waals surface area contributed by atoms with Crippen LogP contribution in [0.1, 0.15) is 29.2 Å². The minimum atomic E-state index is 0.882. The van der Waals surface area contributed by atoms with Gasteiger partial charge in [0.25, 0.3) is 0 Å². The summed E-state index contributed by atoms with van der Waals surface area (Å²) in [5.74, 6) is 0.882. The van der Waals surface area contributed by atoms with Crippen molar-refractivity contribution in [2.45, 2.75) is 33.1 Å². The van der Waals surface area contributed by atoms with Crippen LogP contribution in [0.5, 0.6) is 0 Å². The summed E-state index contributed by atoms with van der Waals surface area (Å²) in [6.07, 6.45) is 3.52. The molecular formula is C11H13N3. The molecule has 0 bridgehead atoms. The molecule has 14 heavy (non-hydrogen) atoms. The molecule has 0 amide bonds. The van der Waals surface area contributed by atoms with Crippen LogP contribution < -0.4 is 0 Å². The number of aromatic nitrogens is 3. The highest BCUT2D eigenvalue weighted by Crippen LogP contribution is 2.23. The summed E-state index contributed by atoms with van der Waals surface area (Å²) in [5.41, 5.74) is 4.94. The Hall–Kier alpha value is -1.38. The second-order valence-electron chi connectivity index (χ2n) is 4.03. The Balaban J connectivity index is 2.43. The number of aryl methyl sites for hydroxylation is 4. The maximum Gasteiger partial charge on any atom is 0.234 e. The number of hydrogen-bond acceptors (Lipinski definition) is 2. The van der Waals surface area contributed by atoms with Crippen molar-refractivity contribution in [1.29, 1.82) is 0 Å². The zero-order valence-corrected chi connectivity index (χ0v) is 8.54. The van der Waals surface area contributed by atoms with E-state index in [1.54, 1.807) is 0 Å². The van der Waals surface area contributed by atoms with Crippen LogP contribution in [-0.4, -0.2) is 14.4 Å². The highest BCUT2D eigenvalue weighted by Gasteiger charge is 2.19. The predicted molar refractivity (Wildman–Crippen MR) is 54.5 cm³/mol. The van der Waals surface area contributed by atoms with Gasteiger partial charge < -0.3 is 0 Å². The number of fused-ring (bicyclic) bond motifs is 3. The average Bonchev–Trinajstić information content (AvgIpc) is 2.60. The van der Waals surface area contributed by atoms with Crippen molar-refractivity contribution in [3.05, 3.63) is 28.8 Å². The fourth-order valence-corrected chi connectivity index (χ4v) is 2.37. The highest BCUT2D eigenvalue weighted by atomic mass is 15.1. The molecule has 0 saturated heterocycles. The maximum absolute atomic E-state index is 4.57. The van der Waals surface area contributed by atoms with Crippen LogP contribution in [0.15, 0.2) is 6.07 Å². The molecule has 2 heterocycles. The average molecular weight is 187 g/mol. The van der Waals surface area contributed by atoms with Crippen molar-refractivity contribution in [3.63, 3.8) is 0 Å². The predicted octanol–water partition coefficient (Wildman–Crippen LogP) is 1.83. The van der Waals surface area contributed by atoms with Crippen molar-refractivity contribution in [1.82, 2.24) is 14.4 Å². The Bertz CT molecular complexity index is 511. The third-order valence-electron chi connectivity index (χ3n) is 2.91. The second-order valence-corrected chi connectivity index (χ2v) is 4.03. The molecule has 0 saturated carbocycles. The van der Waals surface area contributed by atoms with E-state index in [9.17, 15) is 0 Å². The number of imidazole rings is 1. The van der Waals surface area contributed by atoms with Gasteiger partial charge in [-0.25, -0.2) is 9.97 Å². The molecule has 2 aromatic heterocycles. The Morgan fingerprint density at radius 1 is 1.21 bits per heavy atom. The van der Waals surface area contributed by atoms with Crippen LogP contribution >= 0.6 is 0 Å². The molecule has 0 aromatic carbocycles. The van der Waals surface area contributed by atoms with E-state index in [4.69, 9.17) is 0 Å². The van der Waals surface area contributed by atoms with Crippen LogP contribution in [0, 0.1) is 13.8 Å². The smallest absolute Gasteiger partial charge is 0.234 e. The topological polar surface area (TPSA) is 30.2 Å². The number of hydrogen-bond donors (Lipinski definition) is 0. The largest absolute Gasteiger partial charge is 0.285 e. The molecule has 0 aliphatic heterocycles. The van der Waals surface area contributed by atoms with E-state index in [0.717, 1.165) is 24.3 Å². The van der Waals surface area contributed by atoms with Gasteiger partial charge in [-0.2, -0.15) is 0 Å². The van der Waals surface area contributed by atoms with Crippen molar-refractivity contribution < 1.29 is 0 Å². The summed E-state index contributed by atoms with van der Waals surface area (Å²) in [4.78, 5) is 9.02. The Kier molecular flexibility index (Phi) is 1.46. The lowest BCUT2D eigenvalue weighted by atomic mass is 10.3. The third kappa shape index (κ3) is 0.924. The minimum absolute atomic E-state index is 0.882. The van der Waals surface area contributed by atoms with Gasteiger partial charge in [0.05, 0.1) is 5.69 Å². The fraction of sp³-hybridized carbons (Fsp3) is 0.455. The summed E-state index contributed by atoms with van der Waals surface area (Å²) >= 11 is 0. The van der Waals surface area contributed by atoms with Crippen LogP contribution in [0.25, 0.3) is 5.78 Å². The number of nitrogens with zero attached hydrogens (tertiary/aromatic N) is 3. The van der Waals surface area contributed by atoms with Gasteiger partial charge in [-0.05, 0) is 39.2 Å². The van der Waals surface area contributed by atoms with Gasteiger partial charge in [-0.15, -0.1) is 0 Å². The van der Waals surface area contributed by atoms with E-state index in [0.29, 0.717) is 0 Å². The standard InChI is InChI=1S/C11H13N3/c1-7-6-8(2)14-10-5-3-4-9(10)13-11(14)12-7/h6H,3-5H2,1-2H3. The molecule has 2 aromatic rings. The first-order chi connectivity index (χ1) is 6.75. The van der Waals surface area contributed by atoms with Gasteiger partial charge in [-0.3, -0.25) is 4.40 Å². The molecule has 0 N–H and O–H groups in total. The SMILES string of the molecule is Cc1cc(C)n2c3c(nc2n1)CCC3. The maximum atomic E-state index is 4.57. The van der Waals surface area contributed by atoms with E-state index in [2.05, 4.69) is 27.4 Å². The summed E-state index contributed by atoms with van der Waals surface area (Å²) < 4.78 is 2.20. The zero-order chi connectivity index (χ0) is 9.71. The van der Waals surface area contributed by atoms with Crippen molar-refractivity contribution in [2.75, 3.05) is 0 Å². The van der Waals surface area contributed by atoms with E-state index < -0.39 is 0 Å².